The number of aryl methyl sites for hydroxylation is 1. The minimum Gasteiger partial charge on any atom is -0.317 e. The van der Waals surface area contributed by atoms with Crippen LogP contribution in [0.3, 0.4) is 0 Å². The molecule has 21 heavy (non-hydrogen) atoms. The van der Waals surface area contributed by atoms with E-state index in [1.807, 2.05) is 0 Å². The fourth-order valence-electron chi connectivity index (χ4n) is 3.50. The summed E-state index contributed by atoms with van der Waals surface area (Å²) < 4.78 is 0. The number of benzene rings is 1. The number of hydrogen-bond acceptors (Lipinski definition) is 1. The fourth-order valence-corrected chi connectivity index (χ4v) is 3.50. The molecule has 1 nitrogen and oxygen atoms in total. The predicted molar refractivity (Wildman–Crippen MR) is 93.0 cm³/mol. The van der Waals surface area contributed by atoms with E-state index in [2.05, 4.69) is 36.5 Å². The first kappa shape index (κ1) is 16.5. The summed E-state index contributed by atoms with van der Waals surface area (Å²) in [6.45, 7) is 4.47. The molecule has 1 aromatic rings. The zero-order chi connectivity index (χ0) is 14.8. The van der Waals surface area contributed by atoms with Crippen LogP contribution in [-0.2, 0) is 6.42 Å². The second kappa shape index (κ2) is 10.00. The second-order valence-corrected chi connectivity index (χ2v) is 6.59. The lowest BCUT2D eigenvalue weighted by Crippen LogP contribution is -2.13. The molecule has 0 heterocycles. The van der Waals surface area contributed by atoms with Crippen molar-refractivity contribution >= 4 is 0 Å². The Balaban J connectivity index is 1.63. The molecule has 0 atom stereocenters. The molecule has 1 aromatic carbocycles. The van der Waals surface area contributed by atoms with Crippen LogP contribution < -0.4 is 5.32 Å². The van der Waals surface area contributed by atoms with Crippen LogP contribution in [0.2, 0.25) is 0 Å². The Kier molecular flexibility index (Phi) is 7.88. The molecule has 118 valence electrons. The molecular formula is C20H33N. The lowest BCUT2D eigenvalue weighted by atomic mass is 9.84. The van der Waals surface area contributed by atoms with Gasteiger partial charge in [-0.3, -0.25) is 0 Å². The van der Waals surface area contributed by atoms with Crippen LogP contribution >= 0.6 is 0 Å². The van der Waals surface area contributed by atoms with E-state index >= 15 is 0 Å². The van der Waals surface area contributed by atoms with Crippen LogP contribution in [0.25, 0.3) is 0 Å². The van der Waals surface area contributed by atoms with Gasteiger partial charge < -0.3 is 5.32 Å². The van der Waals surface area contributed by atoms with Gasteiger partial charge in [-0.2, -0.15) is 0 Å². The average molecular weight is 287 g/mol. The summed E-state index contributed by atoms with van der Waals surface area (Å²) in [5.41, 5.74) is 3.12. The van der Waals surface area contributed by atoms with Gasteiger partial charge in [-0.05, 0) is 62.2 Å². The third-order valence-electron chi connectivity index (χ3n) is 4.88. The summed E-state index contributed by atoms with van der Waals surface area (Å²) in [5.74, 6) is 0.846. The van der Waals surface area contributed by atoms with E-state index < -0.39 is 0 Å². The van der Waals surface area contributed by atoms with Crippen molar-refractivity contribution in [2.45, 2.75) is 77.0 Å². The molecule has 1 saturated carbocycles. The summed E-state index contributed by atoms with van der Waals surface area (Å²) in [7, 11) is 0. The maximum atomic E-state index is 3.39. The molecule has 1 heteroatoms. The van der Waals surface area contributed by atoms with E-state index in [1.165, 1.54) is 76.3 Å². The van der Waals surface area contributed by atoms with E-state index in [9.17, 15) is 0 Å². The van der Waals surface area contributed by atoms with E-state index in [4.69, 9.17) is 0 Å². The SMILES string of the molecule is CCNCCCCCCc1ccc(C2CCCCC2)cc1. The predicted octanol–water partition coefficient (Wildman–Crippen LogP) is 5.45. The van der Waals surface area contributed by atoms with Crippen LogP contribution in [0, 0.1) is 0 Å². The Hall–Kier alpha value is -0.820. The quantitative estimate of drug-likeness (QED) is 0.596. The lowest BCUT2D eigenvalue weighted by molar-refractivity contribution is 0.443. The van der Waals surface area contributed by atoms with Gasteiger partial charge in [0.25, 0.3) is 0 Å². The highest BCUT2D eigenvalue weighted by atomic mass is 14.8. The van der Waals surface area contributed by atoms with Gasteiger partial charge in [0.1, 0.15) is 0 Å². The zero-order valence-electron chi connectivity index (χ0n) is 13.9. The molecule has 0 aliphatic heterocycles. The average Bonchev–Trinajstić information content (AvgIpc) is 2.55. The molecule has 0 unspecified atom stereocenters. The van der Waals surface area contributed by atoms with Crippen molar-refractivity contribution in [1.29, 1.82) is 0 Å². The van der Waals surface area contributed by atoms with Gasteiger partial charge in [-0.15, -0.1) is 0 Å². The van der Waals surface area contributed by atoms with Crippen molar-refractivity contribution < 1.29 is 0 Å². The second-order valence-electron chi connectivity index (χ2n) is 6.59. The minimum atomic E-state index is 0.846. The Morgan fingerprint density at radius 2 is 1.62 bits per heavy atom. The highest BCUT2D eigenvalue weighted by molar-refractivity contribution is 5.25. The van der Waals surface area contributed by atoms with E-state index in [1.54, 1.807) is 5.56 Å². The molecule has 0 aromatic heterocycles. The van der Waals surface area contributed by atoms with Gasteiger partial charge in [0, 0.05) is 0 Å². The molecule has 1 fully saturated rings. The van der Waals surface area contributed by atoms with Crippen molar-refractivity contribution in [2.24, 2.45) is 0 Å². The molecule has 0 bridgehead atoms. The van der Waals surface area contributed by atoms with Gasteiger partial charge in [0.05, 0.1) is 0 Å². The Bertz CT molecular complexity index is 362. The summed E-state index contributed by atoms with van der Waals surface area (Å²) >= 11 is 0. The van der Waals surface area contributed by atoms with Crippen molar-refractivity contribution in [1.82, 2.24) is 5.32 Å². The number of hydrogen-bond donors (Lipinski definition) is 1. The van der Waals surface area contributed by atoms with E-state index in [0.717, 1.165) is 12.5 Å². The lowest BCUT2D eigenvalue weighted by Gasteiger charge is -2.22. The number of nitrogens with one attached hydrogen (secondary N) is 1. The zero-order valence-corrected chi connectivity index (χ0v) is 13.9. The third-order valence-corrected chi connectivity index (χ3v) is 4.88. The highest BCUT2D eigenvalue weighted by Crippen LogP contribution is 2.32. The van der Waals surface area contributed by atoms with Crippen molar-refractivity contribution in [3.8, 4) is 0 Å². The van der Waals surface area contributed by atoms with Gasteiger partial charge >= 0.3 is 0 Å². The smallest absolute Gasteiger partial charge is 0.00490 e. The van der Waals surface area contributed by atoms with Crippen molar-refractivity contribution in [3.05, 3.63) is 35.4 Å². The van der Waals surface area contributed by atoms with Crippen LogP contribution in [-0.4, -0.2) is 13.1 Å². The Morgan fingerprint density at radius 1 is 0.905 bits per heavy atom. The molecule has 0 spiro atoms. The molecule has 2 rings (SSSR count). The Morgan fingerprint density at radius 3 is 2.33 bits per heavy atom. The maximum absolute atomic E-state index is 3.39. The standard InChI is InChI=1S/C20H33N/c1-2-21-17-9-4-3-6-10-18-13-15-20(16-14-18)19-11-7-5-8-12-19/h13-16,19,21H,2-12,17H2,1H3. The monoisotopic (exact) mass is 287 g/mol. The van der Waals surface area contributed by atoms with Gasteiger partial charge in [0.15, 0.2) is 0 Å². The Labute approximate surface area is 131 Å². The summed E-state index contributed by atoms with van der Waals surface area (Å²) in [6, 6.07) is 9.55. The molecular weight excluding hydrogens is 254 g/mol. The van der Waals surface area contributed by atoms with Gasteiger partial charge in [0.2, 0.25) is 0 Å². The van der Waals surface area contributed by atoms with Gasteiger partial charge in [-0.1, -0.05) is 63.3 Å². The van der Waals surface area contributed by atoms with E-state index in [0.29, 0.717) is 0 Å². The minimum absolute atomic E-state index is 0.846. The number of unbranched alkanes of at least 4 members (excludes halogenated alkanes) is 3. The normalized spacial score (nSPS) is 16.2. The molecule has 0 amide bonds. The molecule has 1 aliphatic rings. The van der Waals surface area contributed by atoms with Crippen molar-refractivity contribution in [2.75, 3.05) is 13.1 Å². The number of rotatable bonds is 9. The van der Waals surface area contributed by atoms with Crippen molar-refractivity contribution in [3.63, 3.8) is 0 Å². The maximum Gasteiger partial charge on any atom is -0.00490 e. The topological polar surface area (TPSA) is 12.0 Å². The molecule has 1 N–H and O–H groups in total. The molecule has 0 radical (unpaired) electrons. The first-order valence-corrected chi connectivity index (χ1v) is 9.19. The van der Waals surface area contributed by atoms with Crippen LogP contribution in [0.1, 0.15) is 81.8 Å². The largest absolute Gasteiger partial charge is 0.317 e. The fraction of sp³-hybridized carbons (Fsp3) is 0.700. The molecule has 1 aliphatic carbocycles. The van der Waals surface area contributed by atoms with E-state index in [-0.39, 0.29) is 0 Å². The highest BCUT2D eigenvalue weighted by Gasteiger charge is 2.14. The van der Waals surface area contributed by atoms with Crippen LogP contribution in [0.15, 0.2) is 24.3 Å². The van der Waals surface area contributed by atoms with Crippen LogP contribution in [0.4, 0.5) is 0 Å². The summed E-state index contributed by atoms with van der Waals surface area (Å²) in [5, 5.41) is 3.39. The third kappa shape index (κ3) is 6.22. The first-order chi connectivity index (χ1) is 10.4. The first-order valence-electron chi connectivity index (χ1n) is 9.19. The van der Waals surface area contributed by atoms with Crippen LogP contribution in [0.5, 0.6) is 0 Å². The van der Waals surface area contributed by atoms with Gasteiger partial charge in [-0.25, -0.2) is 0 Å². The summed E-state index contributed by atoms with van der Waals surface area (Å²) in [6.07, 6.45) is 13.8. The molecule has 0 saturated heterocycles. The summed E-state index contributed by atoms with van der Waals surface area (Å²) in [4.78, 5) is 0.